The number of halogens is 2. The number of phenolic OH excluding ortho intramolecular Hbond substituents is 1. The molecule has 0 saturated carbocycles. The average Bonchev–Trinajstić information content (AvgIpc) is 2.32. The molecule has 0 spiro atoms. The molecule has 0 aliphatic carbocycles. The second-order valence-electron chi connectivity index (χ2n) is 3.82. The van der Waals surface area contributed by atoms with Crippen LogP contribution in [0.1, 0.15) is 10.4 Å². The Morgan fingerprint density at radius 2 is 1.79 bits per heavy atom. The van der Waals surface area contributed by atoms with E-state index >= 15 is 0 Å². The third-order valence-corrected chi connectivity index (χ3v) is 3.10. The molecular formula is C13H10Cl2N2O2. The van der Waals surface area contributed by atoms with Gasteiger partial charge in [0.2, 0.25) is 0 Å². The highest BCUT2D eigenvalue weighted by Crippen LogP contribution is 2.28. The number of benzene rings is 2. The smallest absolute Gasteiger partial charge is 0.258 e. The molecule has 0 atom stereocenters. The van der Waals surface area contributed by atoms with Crippen LogP contribution in [0.3, 0.4) is 0 Å². The van der Waals surface area contributed by atoms with Crippen LogP contribution in [0.15, 0.2) is 36.4 Å². The Kier molecular flexibility index (Phi) is 3.83. The number of phenols is 1. The summed E-state index contributed by atoms with van der Waals surface area (Å²) in [5.74, 6) is -0.445. The van der Waals surface area contributed by atoms with E-state index in [9.17, 15) is 9.90 Å². The van der Waals surface area contributed by atoms with Crippen molar-refractivity contribution < 1.29 is 9.90 Å². The first-order valence-corrected chi connectivity index (χ1v) is 6.08. The van der Waals surface area contributed by atoms with Crippen molar-refractivity contribution in [2.24, 2.45) is 0 Å². The van der Waals surface area contributed by atoms with Crippen molar-refractivity contribution >= 4 is 40.5 Å². The highest BCUT2D eigenvalue weighted by molar-refractivity contribution is 6.40. The molecular weight excluding hydrogens is 287 g/mol. The number of nitrogen functional groups attached to an aromatic ring is 1. The van der Waals surface area contributed by atoms with Crippen LogP contribution in [0.5, 0.6) is 5.75 Å². The van der Waals surface area contributed by atoms with Crippen LogP contribution >= 0.6 is 23.2 Å². The van der Waals surface area contributed by atoms with Crippen LogP contribution in [0.25, 0.3) is 0 Å². The van der Waals surface area contributed by atoms with E-state index < -0.39 is 5.91 Å². The lowest BCUT2D eigenvalue weighted by Crippen LogP contribution is -2.14. The van der Waals surface area contributed by atoms with Gasteiger partial charge in [0.25, 0.3) is 5.91 Å². The second-order valence-corrected chi connectivity index (χ2v) is 4.64. The summed E-state index contributed by atoms with van der Waals surface area (Å²) in [6.07, 6.45) is 0. The fourth-order valence-corrected chi connectivity index (χ4v) is 2.13. The van der Waals surface area contributed by atoms with Crippen LogP contribution in [0, 0.1) is 0 Å². The zero-order valence-corrected chi connectivity index (χ0v) is 11.2. The van der Waals surface area contributed by atoms with Crippen molar-refractivity contribution in [2.45, 2.75) is 0 Å². The van der Waals surface area contributed by atoms with Gasteiger partial charge in [-0.3, -0.25) is 4.79 Å². The van der Waals surface area contributed by atoms with Gasteiger partial charge in [0.1, 0.15) is 5.75 Å². The maximum absolute atomic E-state index is 12.1. The third kappa shape index (κ3) is 2.92. The van der Waals surface area contributed by atoms with E-state index in [0.29, 0.717) is 5.69 Å². The van der Waals surface area contributed by atoms with E-state index in [1.165, 1.54) is 18.2 Å². The average molecular weight is 297 g/mol. The topological polar surface area (TPSA) is 75.3 Å². The Hall–Kier alpha value is -1.91. The molecule has 2 aromatic carbocycles. The van der Waals surface area contributed by atoms with Crippen molar-refractivity contribution in [2.75, 3.05) is 11.1 Å². The SMILES string of the molecule is Nc1cc(O)ccc1NC(=O)c1c(Cl)cccc1Cl. The first-order valence-electron chi connectivity index (χ1n) is 5.33. The number of carbonyl (C=O) groups excluding carboxylic acids is 1. The molecule has 0 aliphatic rings. The lowest BCUT2D eigenvalue weighted by molar-refractivity contribution is 0.102. The summed E-state index contributed by atoms with van der Waals surface area (Å²) >= 11 is 11.9. The van der Waals surface area contributed by atoms with Gasteiger partial charge < -0.3 is 16.2 Å². The maximum Gasteiger partial charge on any atom is 0.258 e. The number of amides is 1. The molecule has 4 N–H and O–H groups in total. The first-order chi connectivity index (χ1) is 8.99. The van der Waals surface area contributed by atoms with E-state index in [1.54, 1.807) is 18.2 Å². The number of anilines is 2. The number of carbonyl (C=O) groups is 1. The van der Waals surface area contributed by atoms with E-state index in [-0.39, 0.29) is 27.0 Å². The quantitative estimate of drug-likeness (QED) is 0.586. The van der Waals surface area contributed by atoms with Crippen LogP contribution in [-0.4, -0.2) is 11.0 Å². The minimum Gasteiger partial charge on any atom is -0.508 e. The first kappa shape index (κ1) is 13.5. The molecule has 0 fully saturated rings. The van der Waals surface area contributed by atoms with Crippen LogP contribution in [0.4, 0.5) is 11.4 Å². The summed E-state index contributed by atoms with van der Waals surface area (Å²) in [6, 6.07) is 9.04. The number of hydrogen-bond donors (Lipinski definition) is 3. The van der Waals surface area contributed by atoms with Crippen molar-refractivity contribution in [3.05, 3.63) is 52.0 Å². The molecule has 19 heavy (non-hydrogen) atoms. The standard InChI is InChI=1S/C13H10Cl2N2O2/c14-8-2-1-3-9(15)12(8)13(19)17-11-5-4-7(18)6-10(11)16/h1-6,18H,16H2,(H,17,19). The zero-order valence-electron chi connectivity index (χ0n) is 9.65. The van der Waals surface area contributed by atoms with E-state index in [0.717, 1.165) is 0 Å². The molecule has 1 amide bonds. The van der Waals surface area contributed by atoms with Crippen molar-refractivity contribution in [1.29, 1.82) is 0 Å². The van der Waals surface area contributed by atoms with Gasteiger partial charge in [-0.15, -0.1) is 0 Å². The number of nitrogens with two attached hydrogens (primary N) is 1. The van der Waals surface area contributed by atoms with Crippen molar-refractivity contribution in [3.63, 3.8) is 0 Å². The molecule has 0 radical (unpaired) electrons. The molecule has 0 aromatic heterocycles. The number of hydrogen-bond acceptors (Lipinski definition) is 3. The van der Waals surface area contributed by atoms with Crippen molar-refractivity contribution in [1.82, 2.24) is 0 Å². The summed E-state index contributed by atoms with van der Waals surface area (Å²) in [5, 5.41) is 12.3. The summed E-state index contributed by atoms with van der Waals surface area (Å²) < 4.78 is 0. The predicted octanol–water partition coefficient (Wildman–Crippen LogP) is 3.53. The lowest BCUT2D eigenvalue weighted by Gasteiger charge is -2.10. The highest BCUT2D eigenvalue weighted by Gasteiger charge is 2.15. The second kappa shape index (κ2) is 5.38. The molecule has 0 aliphatic heterocycles. The van der Waals surface area contributed by atoms with E-state index in [1.807, 2.05) is 0 Å². The molecule has 6 heteroatoms. The Bertz CT molecular complexity index is 624. The normalized spacial score (nSPS) is 10.2. The highest BCUT2D eigenvalue weighted by atomic mass is 35.5. The predicted molar refractivity (Wildman–Crippen MR) is 76.9 cm³/mol. The largest absolute Gasteiger partial charge is 0.508 e. The summed E-state index contributed by atoms with van der Waals surface area (Å²) in [7, 11) is 0. The molecule has 2 aromatic rings. The van der Waals surface area contributed by atoms with Gasteiger partial charge in [-0.05, 0) is 24.3 Å². The van der Waals surface area contributed by atoms with E-state index in [4.69, 9.17) is 28.9 Å². The van der Waals surface area contributed by atoms with Gasteiger partial charge in [-0.25, -0.2) is 0 Å². The molecule has 4 nitrogen and oxygen atoms in total. The molecule has 0 heterocycles. The van der Waals surface area contributed by atoms with Crippen LogP contribution in [-0.2, 0) is 0 Å². The van der Waals surface area contributed by atoms with Crippen LogP contribution in [0.2, 0.25) is 10.0 Å². The van der Waals surface area contributed by atoms with Crippen molar-refractivity contribution in [3.8, 4) is 5.75 Å². The van der Waals surface area contributed by atoms with Gasteiger partial charge in [-0.1, -0.05) is 29.3 Å². The minimum absolute atomic E-state index is 0.0197. The summed E-state index contributed by atoms with van der Waals surface area (Å²) in [5.41, 5.74) is 6.48. The fourth-order valence-electron chi connectivity index (χ4n) is 1.56. The monoisotopic (exact) mass is 296 g/mol. The Labute approximate surface area is 119 Å². The third-order valence-electron chi connectivity index (χ3n) is 2.47. The Morgan fingerprint density at radius 1 is 1.16 bits per heavy atom. The Balaban J connectivity index is 2.31. The zero-order chi connectivity index (χ0) is 14.0. The van der Waals surface area contributed by atoms with Gasteiger partial charge in [0, 0.05) is 6.07 Å². The molecule has 0 unspecified atom stereocenters. The van der Waals surface area contributed by atoms with Crippen LogP contribution < -0.4 is 11.1 Å². The number of rotatable bonds is 2. The summed E-state index contributed by atoms with van der Waals surface area (Å²) in [4.78, 5) is 12.1. The molecule has 2 rings (SSSR count). The molecule has 0 bridgehead atoms. The van der Waals surface area contributed by atoms with Gasteiger partial charge in [0.05, 0.1) is 27.0 Å². The van der Waals surface area contributed by atoms with Gasteiger partial charge >= 0.3 is 0 Å². The molecule has 0 saturated heterocycles. The maximum atomic E-state index is 12.1. The van der Waals surface area contributed by atoms with Gasteiger partial charge in [-0.2, -0.15) is 0 Å². The molecule has 98 valence electrons. The van der Waals surface area contributed by atoms with Gasteiger partial charge in [0.15, 0.2) is 0 Å². The number of aromatic hydroxyl groups is 1. The lowest BCUT2D eigenvalue weighted by atomic mass is 10.2. The minimum atomic E-state index is -0.465. The number of nitrogens with one attached hydrogen (secondary N) is 1. The Morgan fingerprint density at radius 3 is 2.37 bits per heavy atom. The summed E-state index contributed by atoms with van der Waals surface area (Å²) in [6.45, 7) is 0. The fraction of sp³-hybridized carbons (Fsp3) is 0. The van der Waals surface area contributed by atoms with E-state index in [2.05, 4.69) is 5.32 Å².